The summed E-state index contributed by atoms with van der Waals surface area (Å²) in [5.41, 5.74) is 4.70. The van der Waals surface area contributed by atoms with Crippen molar-refractivity contribution < 1.29 is 33.2 Å². The number of benzene rings is 1. The number of pyridine rings is 1. The van der Waals surface area contributed by atoms with E-state index in [0.717, 1.165) is 34.4 Å². The van der Waals surface area contributed by atoms with E-state index in [1.807, 2.05) is 26.8 Å². The van der Waals surface area contributed by atoms with Gasteiger partial charge in [0.1, 0.15) is 28.2 Å². The lowest BCUT2D eigenvalue weighted by Gasteiger charge is -2.22. The van der Waals surface area contributed by atoms with Crippen LogP contribution in [0, 0.1) is 19.8 Å². The molecule has 10 nitrogen and oxygen atoms in total. The topological polar surface area (TPSA) is 146 Å². The van der Waals surface area contributed by atoms with Crippen molar-refractivity contribution in [1.82, 2.24) is 19.9 Å². The summed E-state index contributed by atoms with van der Waals surface area (Å²) in [5.74, 6) is 0.234. The first-order valence-corrected chi connectivity index (χ1v) is 15.2. The van der Waals surface area contributed by atoms with Gasteiger partial charge in [-0.2, -0.15) is 4.98 Å². The number of alkyl halides is 3. The number of hydrogen-bond donors (Lipinski definition) is 5. The number of thiazole rings is 1. The predicted octanol–water partition coefficient (Wildman–Crippen LogP) is 5.23. The SMILES string of the molecule is Cc1cc2sc(-c3c(C)nc(N[C@H](C)c4ccc(OC(F)(F)F)cc4)nc3N[C@@H]3C[C@H](CO)[C@@H](O)[C@H]3O)nc2c(C2CC2)n1. The summed E-state index contributed by atoms with van der Waals surface area (Å²) in [6.07, 6.45) is -4.52. The van der Waals surface area contributed by atoms with Gasteiger partial charge in [-0.05, 0) is 63.8 Å². The quantitative estimate of drug-likeness (QED) is 0.167. The third-order valence-electron chi connectivity index (χ3n) is 8.12. The van der Waals surface area contributed by atoms with Crippen molar-refractivity contribution in [2.75, 3.05) is 17.2 Å². The Morgan fingerprint density at radius 3 is 2.41 bits per heavy atom. The molecular formula is C30H33F3N6O4S. The Bertz CT molecular complexity index is 1660. The van der Waals surface area contributed by atoms with Crippen LogP contribution in [-0.4, -0.2) is 66.5 Å². The smallest absolute Gasteiger partial charge is 0.406 e. The standard InChI is InChI=1S/C30H33F3N6O4S/c1-13-10-21-24(23(34-13)17-4-5-17)38-28(44-21)22-15(3)36-29(39-27(22)37-20-11-18(12-40)25(41)26(20)42)35-14(2)16-6-8-19(9-7-16)43-30(31,32)33/h6-10,14,17-18,20,25-26,40-42H,4-5,11-12H2,1-3H3,(H2,35,36,37,39)/t14-,18-,20-,25-,26+/m1/s1. The minimum absolute atomic E-state index is 0.251. The number of aliphatic hydroxyl groups is 3. The normalized spacial score (nSPS) is 22.8. The molecule has 0 spiro atoms. The van der Waals surface area contributed by atoms with Gasteiger partial charge >= 0.3 is 6.36 Å². The lowest BCUT2D eigenvalue weighted by molar-refractivity contribution is -0.274. The maximum absolute atomic E-state index is 12.6. The fourth-order valence-corrected chi connectivity index (χ4v) is 6.85. The highest BCUT2D eigenvalue weighted by Crippen LogP contribution is 2.45. The van der Waals surface area contributed by atoms with Gasteiger partial charge in [0.05, 0.1) is 39.8 Å². The van der Waals surface area contributed by atoms with Crippen molar-refractivity contribution in [3.05, 3.63) is 53.0 Å². The molecule has 0 saturated heterocycles. The summed E-state index contributed by atoms with van der Waals surface area (Å²) in [5, 5.41) is 38.1. The summed E-state index contributed by atoms with van der Waals surface area (Å²) in [4.78, 5) is 19.2. The third kappa shape index (κ3) is 6.29. The molecule has 0 radical (unpaired) electrons. The molecule has 5 N–H and O–H groups in total. The first kappa shape index (κ1) is 30.4. The van der Waals surface area contributed by atoms with Gasteiger partial charge in [0.15, 0.2) is 0 Å². The van der Waals surface area contributed by atoms with Crippen molar-refractivity contribution in [1.29, 1.82) is 0 Å². The molecule has 4 aromatic rings. The minimum Gasteiger partial charge on any atom is -0.406 e. The number of nitrogens with zero attached hydrogens (tertiary/aromatic N) is 4. The van der Waals surface area contributed by atoms with E-state index in [-0.39, 0.29) is 24.3 Å². The van der Waals surface area contributed by atoms with Crippen LogP contribution >= 0.6 is 11.3 Å². The molecule has 2 aliphatic carbocycles. The summed E-state index contributed by atoms with van der Waals surface area (Å²) in [6.45, 7) is 5.35. The van der Waals surface area contributed by atoms with Crippen LogP contribution in [0.25, 0.3) is 20.8 Å². The van der Waals surface area contributed by atoms with Crippen molar-refractivity contribution in [2.45, 2.75) is 76.6 Å². The molecular weight excluding hydrogens is 597 g/mol. The second-order valence-corrected chi connectivity index (χ2v) is 12.6. The van der Waals surface area contributed by atoms with Gasteiger partial charge in [0.2, 0.25) is 5.95 Å². The van der Waals surface area contributed by atoms with Gasteiger partial charge in [-0.15, -0.1) is 24.5 Å². The number of nitrogens with one attached hydrogen (secondary N) is 2. The van der Waals surface area contributed by atoms with Crippen LogP contribution < -0.4 is 15.4 Å². The molecule has 14 heteroatoms. The van der Waals surface area contributed by atoms with Gasteiger partial charge in [0.25, 0.3) is 0 Å². The maximum atomic E-state index is 12.6. The zero-order valence-corrected chi connectivity index (χ0v) is 25.1. The number of aromatic nitrogens is 4. The minimum atomic E-state index is -4.78. The summed E-state index contributed by atoms with van der Waals surface area (Å²) < 4.78 is 42.7. The van der Waals surface area contributed by atoms with E-state index in [0.29, 0.717) is 40.0 Å². The van der Waals surface area contributed by atoms with E-state index in [4.69, 9.17) is 19.9 Å². The monoisotopic (exact) mass is 630 g/mol. The molecule has 2 fully saturated rings. The van der Waals surface area contributed by atoms with Crippen LogP contribution in [0.4, 0.5) is 24.9 Å². The summed E-state index contributed by atoms with van der Waals surface area (Å²) in [7, 11) is 0. The molecule has 3 aromatic heterocycles. The zero-order valence-electron chi connectivity index (χ0n) is 24.3. The number of aryl methyl sites for hydroxylation is 2. The van der Waals surface area contributed by atoms with Crippen molar-refractivity contribution >= 4 is 33.3 Å². The van der Waals surface area contributed by atoms with Crippen LogP contribution in [0.1, 0.15) is 60.8 Å². The van der Waals surface area contributed by atoms with Gasteiger partial charge in [0, 0.05) is 24.1 Å². The molecule has 2 saturated carbocycles. The molecule has 2 aliphatic rings. The molecule has 0 aliphatic heterocycles. The van der Waals surface area contributed by atoms with Crippen molar-refractivity contribution in [3.8, 4) is 16.3 Å². The lowest BCUT2D eigenvalue weighted by atomic mass is 10.1. The van der Waals surface area contributed by atoms with E-state index < -0.39 is 30.5 Å². The van der Waals surface area contributed by atoms with Crippen molar-refractivity contribution in [3.63, 3.8) is 0 Å². The molecule has 6 rings (SSSR count). The number of rotatable bonds is 9. The summed E-state index contributed by atoms with van der Waals surface area (Å²) >= 11 is 1.50. The Hall–Kier alpha value is -3.59. The molecule has 0 amide bonds. The summed E-state index contributed by atoms with van der Waals surface area (Å²) in [6, 6.07) is 6.57. The second kappa shape index (κ2) is 11.7. The van der Waals surface area contributed by atoms with Gasteiger partial charge < -0.3 is 30.7 Å². The predicted molar refractivity (Wildman–Crippen MR) is 160 cm³/mol. The molecule has 1 aromatic carbocycles. The fraction of sp³-hybridized carbons (Fsp3) is 0.467. The number of aliphatic hydroxyl groups excluding tert-OH is 3. The van der Waals surface area contributed by atoms with Crippen LogP contribution in [0.2, 0.25) is 0 Å². The van der Waals surface area contributed by atoms with Crippen LogP contribution in [0.3, 0.4) is 0 Å². The molecule has 3 heterocycles. The average Bonchev–Trinajstić information content (AvgIpc) is 3.66. The third-order valence-corrected chi connectivity index (χ3v) is 9.14. The highest BCUT2D eigenvalue weighted by Gasteiger charge is 2.42. The first-order chi connectivity index (χ1) is 20.9. The van der Waals surface area contributed by atoms with E-state index in [9.17, 15) is 28.5 Å². The van der Waals surface area contributed by atoms with E-state index in [2.05, 4.69) is 15.4 Å². The largest absolute Gasteiger partial charge is 0.573 e. The van der Waals surface area contributed by atoms with Gasteiger partial charge in [-0.1, -0.05) is 12.1 Å². The van der Waals surface area contributed by atoms with E-state index in [1.165, 1.54) is 35.6 Å². The number of fused-ring (bicyclic) bond motifs is 1. The van der Waals surface area contributed by atoms with Crippen molar-refractivity contribution in [2.24, 2.45) is 5.92 Å². The number of hydrogen-bond acceptors (Lipinski definition) is 11. The second-order valence-electron chi connectivity index (χ2n) is 11.5. The number of halogens is 3. The first-order valence-electron chi connectivity index (χ1n) is 14.4. The number of anilines is 2. The molecule has 234 valence electrons. The Morgan fingerprint density at radius 1 is 1.05 bits per heavy atom. The van der Waals surface area contributed by atoms with Crippen LogP contribution in [0.5, 0.6) is 5.75 Å². The van der Waals surface area contributed by atoms with E-state index in [1.54, 1.807) is 0 Å². The van der Waals surface area contributed by atoms with Gasteiger partial charge in [-0.25, -0.2) is 9.97 Å². The van der Waals surface area contributed by atoms with E-state index >= 15 is 0 Å². The lowest BCUT2D eigenvalue weighted by Crippen LogP contribution is -2.35. The Balaban J connectivity index is 1.35. The van der Waals surface area contributed by atoms with Crippen LogP contribution in [-0.2, 0) is 0 Å². The number of ether oxygens (including phenoxy) is 1. The zero-order chi connectivity index (χ0) is 31.3. The molecule has 44 heavy (non-hydrogen) atoms. The Labute approximate surface area is 255 Å². The Kier molecular flexibility index (Phi) is 8.11. The molecule has 0 bridgehead atoms. The fourth-order valence-electron chi connectivity index (χ4n) is 5.68. The van der Waals surface area contributed by atoms with Crippen LogP contribution in [0.15, 0.2) is 30.3 Å². The highest BCUT2D eigenvalue weighted by molar-refractivity contribution is 7.21. The van der Waals surface area contributed by atoms with Gasteiger partial charge in [-0.3, -0.25) is 4.98 Å². The maximum Gasteiger partial charge on any atom is 0.573 e. The molecule has 5 atom stereocenters. The highest BCUT2D eigenvalue weighted by atomic mass is 32.1. The molecule has 0 unspecified atom stereocenters. The Morgan fingerprint density at radius 2 is 1.77 bits per heavy atom. The average molecular weight is 631 g/mol.